The van der Waals surface area contributed by atoms with Gasteiger partial charge in [0, 0.05) is 4.47 Å². The number of hydrogen-bond donors (Lipinski definition) is 0. The lowest BCUT2D eigenvalue weighted by Crippen LogP contribution is -2.29. The third kappa shape index (κ3) is 3.58. The van der Waals surface area contributed by atoms with Crippen molar-refractivity contribution in [3.05, 3.63) is 64.6 Å². The second-order valence-electron chi connectivity index (χ2n) is 4.13. The van der Waals surface area contributed by atoms with Gasteiger partial charge in [-0.3, -0.25) is 4.31 Å². The minimum absolute atomic E-state index is 0.302. The zero-order chi connectivity index (χ0) is 13.9. The number of rotatable bonds is 4. The summed E-state index contributed by atoms with van der Waals surface area (Å²) in [5.74, 6) is 0. The molecule has 1 radical (unpaired) electrons. The Balaban J connectivity index is 2.41. The molecule has 0 atom stereocenters. The topological polar surface area (TPSA) is 37.4 Å². The summed E-state index contributed by atoms with van der Waals surface area (Å²) >= 11 is 3.38. The van der Waals surface area contributed by atoms with Crippen molar-refractivity contribution in [1.29, 1.82) is 0 Å². The molecule has 0 fully saturated rings. The van der Waals surface area contributed by atoms with Crippen LogP contribution in [0.15, 0.2) is 53.0 Å². The predicted molar refractivity (Wildman–Crippen MR) is 80.4 cm³/mol. The van der Waals surface area contributed by atoms with Crippen molar-refractivity contribution in [2.75, 3.05) is 10.6 Å². The zero-order valence-corrected chi connectivity index (χ0v) is 12.8. The van der Waals surface area contributed by atoms with Crippen LogP contribution in [-0.2, 0) is 16.6 Å². The predicted octanol–water partition coefficient (Wildman–Crippen LogP) is 3.22. The van der Waals surface area contributed by atoms with Crippen molar-refractivity contribution in [2.24, 2.45) is 0 Å². The van der Waals surface area contributed by atoms with Crippen LogP contribution >= 0.6 is 15.9 Å². The van der Waals surface area contributed by atoms with Gasteiger partial charge in [0.1, 0.15) is 0 Å². The first-order valence-electron chi connectivity index (χ1n) is 5.66. The van der Waals surface area contributed by atoms with E-state index in [4.69, 9.17) is 0 Å². The smallest absolute Gasteiger partial charge is 0.232 e. The van der Waals surface area contributed by atoms with Gasteiger partial charge in [0.05, 0.1) is 18.5 Å². The molecule has 0 spiro atoms. The van der Waals surface area contributed by atoms with Crippen LogP contribution in [0.3, 0.4) is 0 Å². The summed E-state index contributed by atoms with van der Waals surface area (Å²) in [6.07, 6.45) is 1.20. The number of nitrogens with zero attached hydrogens (tertiary/aromatic N) is 1. The summed E-state index contributed by atoms with van der Waals surface area (Å²) in [5.41, 5.74) is 1.53. The molecule has 3 nitrogen and oxygen atoms in total. The molecule has 0 bridgehead atoms. The maximum Gasteiger partial charge on any atom is 0.232 e. The Morgan fingerprint density at radius 3 is 2.47 bits per heavy atom. The lowest BCUT2D eigenvalue weighted by Gasteiger charge is -2.23. The molecule has 0 aliphatic heterocycles. The molecule has 0 N–H and O–H groups in total. The Hall–Kier alpha value is -1.33. The van der Waals surface area contributed by atoms with Crippen LogP contribution in [0, 0.1) is 6.07 Å². The van der Waals surface area contributed by atoms with Crippen molar-refractivity contribution in [3.63, 3.8) is 0 Å². The van der Waals surface area contributed by atoms with Crippen LogP contribution in [0.5, 0.6) is 0 Å². The molecule has 0 saturated heterocycles. The van der Waals surface area contributed by atoms with Crippen LogP contribution in [-0.4, -0.2) is 14.7 Å². The molecule has 2 aromatic rings. The normalized spacial score (nSPS) is 11.3. The van der Waals surface area contributed by atoms with E-state index >= 15 is 0 Å². The molecule has 0 aromatic heterocycles. The highest BCUT2D eigenvalue weighted by Gasteiger charge is 2.19. The lowest BCUT2D eigenvalue weighted by atomic mass is 10.2. The summed E-state index contributed by atoms with van der Waals surface area (Å²) < 4.78 is 26.1. The molecule has 2 aromatic carbocycles. The maximum atomic E-state index is 12.0. The molecule has 2 rings (SSSR count). The fourth-order valence-electron chi connectivity index (χ4n) is 1.72. The minimum atomic E-state index is -3.36. The van der Waals surface area contributed by atoms with E-state index in [1.165, 1.54) is 10.6 Å². The molecule has 5 heteroatoms. The van der Waals surface area contributed by atoms with E-state index in [1.807, 2.05) is 30.3 Å². The van der Waals surface area contributed by atoms with Gasteiger partial charge in [-0.05, 0) is 39.7 Å². The molecule has 99 valence electrons. The molecule has 0 unspecified atom stereocenters. The highest BCUT2D eigenvalue weighted by molar-refractivity contribution is 9.10. The summed E-state index contributed by atoms with van der Waals surface area (Å²) in [6.45, 7) is 0.302. The fraction of sp³-hybridized carbons (Fsp3) is 0.143. The van der Waals surface area contributed by atoms with Crippen molar-refractivity contribution in [2.45, 2.75) is 6.54 Å². The first-order chi connectivity index (χ1) is 8.98. The van der Waals surface area contributed by atoms with Crippen LogP contribution in [0.1, 0.15) is 5.56 Å². The van der Waals surface area contributed by atoms with E-state index in [-0.39, 0.29) is 0 Å². The Morgan fingerprint density at radius 1 is 1.21 bits per heavy atom. The number of halogens is 1. The number of anilines is 1. The van der Waals surface area contributed by atoms with Gasteiger partial charge >= 0.3 is 0 Å². The molecule has 0 aliphatic rings. The van der Waals surface area contributed by atoms with Crippen molar-refractivity contribution < 1.29 is 8.42 Å². The molecule has 0 aliphatic carbocycles. The van der Waals surface area contributed by atoms with Crippen molar-refractivity contribution in [3.8, 4) is 0 Å². The highest BCUT2D eigenvalue weighted by atomic mass is 79.9. The average molecular weight is 339 g/mol. The third-order valence-corrected chi connectivity index (χ3v) is 4.43. The molecule has 19 heavy (non-hydrogen) atoms. The number of sulfonamides is 1. The number of benzene rings is 2. The van der Waals surface area contributed by atoms with Crippen LogP contribution < -0.4 is 4.31 Å². The van der Waals surface area contributed by atoms with E-state index < -0.39 is 10.0 Å². The molecule has 0 saturated carbocycles. The summed E-state index contributed by atoms with van der Waals surface area (Å²) in [5, 5.41) is 0. The monoisotopic (exact) mass is 338 g/mol. The van der Waals surface area contributed by atoms with Crippen LogP contribution in [0.4, 0.5) is 5.69 Å². The van der Waals surface area contributed by atoms with E-state index in [0.717, 1.165) is 10.0 Å². The Labute approximate surface area is 122 Å². The maximum absolute atomic E-state index is 12.0. The standard InChI is InChI=1S/C14H13BrNO2S/c1-19(17,18)16(11-12-7-3-2-4-8-12)14-10-6-5-9-13(14)15/h2-5,7-10H,11H2,1H3. The van der Waals surface area contributed by atoms with Crippen LogP contribution in [0.25, 0.3) is 0 Å². The van der Waals surface area contributed by atoms with Gasteiger partial charge in [-0.15, -0.1) is 0 Å². The molecular formula is C14H13BrNO2S. The molecular weight excluding hydrogens is 326 g/mol. The first-order valence-corrected chi connectivity index (χ1v) is 8.30. The van der Waals surface area contributed by atoms with Crippen molar-refractivity contribution in [1.82, 2.24) is 0 Å². The van der Waals surface area contributed by atoms with Gasteiger partial charge in [-0.1, -0.05) is 36.4 Å². The van der Waals surface area contributed by atoms with E-state index in [2.05, 4.69) is 22.0 Å². The highest BCUT2D eigenvalue weighted by Crippen LogP contribution is 2.28. The SMILES string of the molecule is CS(=O)(=O)N(Cc1ccccc1)c1c[c]ccc1Br. The molecule has 0 heterocycles. The van der Waals surface area contributed by atoms with E-state index in [1.54, 1.807) is 18.2 Å². The van der Waals surface area contributed by atoms with Crippen molar-refractivity contribution >= 4 is 31.6 Å². The van der Waals surface area contributed by atoms with Gasteiger partial charge in [0.2, 0.25) is 10.0 Å². The zero-order valence-electron chi connectivity index (χ0n) is 10.4. The van der Waals surface area contributed by atoms with Gasteiger partial charge < -0.3 is 0 Å². The fourth-order valence-corrected chi connectivity index (χ4v) is 3.19. The molecule has 0 amide bonds. The van der Waals surface area contributed by atoms with E-state index in [0.29, 0.717) is 12.2 Å². The first kappa shape index (κ1) is 14.1. The Morgan fingerprint density at radius 2 is 1.89 bits per heavy atom. The lowest BCUT2D eigenvalue weighted by molar-refractivity contribution is 0.596. The van der Waals surface area contributed by atoms with Gasteiger partial charge in [-0.2, -0.15) is 0 Å². The second-order valence-corrected chi connectivity index (χ2v) is 6.89. The van der Waals surface area contributed by atoms with Gasteiger partial charge in [-0.25, -0.2) is 8.42 Å². The summed E-state index contributed by atoms with van der Waals surface area (Å²) in [7, 11) is -3.36. The minimum Gasteiger partial charge on any atom is -0.265 e. The third-order valence-electron chi connectivity index (χ3n) is 2.63. The van der Waals surface area contributed by atoms with Gasteiger partial charge in [0.15, 0.2) is 0 Å². The summed E-state index contributed by atoms with van der Waals surface area (Å²) in [6, 6.07) is 17.6. The average Bonchev–Trinajstić information content (AvgIpc) is 2.37. The van der Waals surface area contributed by atoms with E-state index in [9.17, 15) is 8.42 Å². The largest absolute Gasteiger partial charge is 0.265 e. The quantitative estimate of drug-likeness (QED) is 0.858. The van der Waals surface area contributed by atoms with Gasteiger partial charge in [0.25, 0.3) is 0 Å². The summed E-state index contributed by atoms with van der Waals surface area (Å²) in [4.78, 5) is 0. The second kappa shape index (κ2) is 5.75. The Kier molecular flexibility index (Phi) is 4.27. The van der Waals surface area contributed by atoms with Crippen LogP contribution in [0.2, 0.25) is 0 Å². The Bertz CT molecular complexity index is 656. The number of hydrogen-bond acceptors (Lipinski definition) is 2.